The van der Waals surface area contributed by atoms with Crippen LogP contribution in [0.15, 0.2) is 10.4 Å². The van der Waals surface area contributed by atoms with Gasteiger partial charge in [0.05, 0.1) is 23.3 Å². The van der Waals surface area contributed by atoms with Crippen molar-refractivity contribution in [3.05, 3.63) is 16.1 Å². The molecular weight excluding hydrogens is 258 g/mol. The summed E-state index contributed by atoms with van der Waals surface area (Å²) in [5, 5.41) is 3.18. The van der Waals surface area contributed by atoms with Gasteiger partial charge in [-0.15, -0.1) is 11.3 Å². The summed E-state index contributed by atoms with van der Waals surface area (Å²) in [6, 6.07) is 0.416. The monoisotopic (exact) mass is 281 g/mol. The van der Waals surface area contributed by atoms with Gasteiger partial charge in [0.15, 0.2) is 0 Å². The van der Waals surface area contributed by atoms with Gasteiger partial charge in [-0.25, -0.2) is 15.8 Å². The second kappa shape index (κ2) is 6.86. The fourth-order valence-corrected chi connectivity index (χ4v) is 3.03. The second-order valence-electron chi connectivity index (χ2n) is 5.10. The highest BCUT2D eigenvalue weighted by Crippen LogP contribution is 2.20. The zero-order valence-corrected chi connectivity index (χ0v) is 12.5. The summed E-state index contributed by atoms with van der Waals surface area (Å²) in [5.74, 6) is 6.37. The lowest BCUT2D eigenvalue weighted by molar-refractivity contribution is 0.421. The molecule has 3 N–H and O–H groups in total. The van der Waals surface area contributed by atoms with Crippen LogP contribution >= 0.6 is 11.3 Å². The maximum atomic E-state index is 5.61. The molecule has 0 atom stereocenters. The molecule has 1 saturated carbocycles. The molecule has 1 aliphatic rings. The number of aryl methyl sites for hydroxylation is 1. The third kappa shape index (κ3) is 4.18. The summed E-state index contributed by atoms with van der Waals surface area (Å²) in [6.45, 7) is 2.76. The molecule has 0 aromatic carbocycles. The molecule has 1 aliphatic carbocycles. The number of guanidine groups is 1. The molecule has 0 radical (unpaired) electrons. The van der Waals surface area contributed by atoms with E-state index in [4.69, 9.17) is 10.8 Å². The number of rotatable bonds is 3. The number of nitrogens with one attached hydrogen (secondary N) is 1. The molecule has 0 amide bonds. The Morgan fingerprint density at radius 3 is 2.84 bits per heavy atom. The minimum Gasteiger partial charge on any atom is -0.339 e. The molecule has 2 rings (SSSR count). The quantitative estimate of drug-likeness (QED) is 0.385. The van der Waals surface area contributed by atoms with Gasteiger partial charge < -0.3 is 4.90 Å². The van der Waals surface area contributed by atoms with Crippen LogP contribution in [-0.2, 0) is 6.54 Å². The highest BCUT2D eigenvalue weighted by atomic mass is 32.1. The van der Waals surface area contributed by atoms with Crippen LogP contribution in [0.5, 0.6) is 0 Å². The van der Waals surface area contributed by atoms with Crippen LogP contribution < -0.4 is 11.3 Å². The van der Waals surface area contributed by atoms with Gasteiger partial charge in [-0.1, -0.05) is 19.3 Å². The first-order valence-electron chi connectivity index (χ1n) is 6.85. The van der Waals surface area contributed by atoms with Crippen molar-refractivity contribution in [1.29, 1.82) is 0 Å². The van der Waals surface area contributed by atoms with Gasteiger partial charge in [0.25, 0.3) is 0 Å². The SMILES string of the molecule is Cc1nc(CN(C)C(=NC2CCCCC2)NN)cs1. The standard InChI is InChI=1S/C13H23N5S/c1-10-15-12(9-19-10)8-18(2)13(17-14)16-11-6-4-3-5-7-11/h9,11H,3-8,14H2,1-2H3,(H,16,17). The van der Waals surface area contributed by atoms with Crippen molar-refractivity contribution in [3.63, 3.8) is 0 Å². The number of thiazole rings is 1. The van der Waals surface area contributed by atoms with Gasteiger partial charge in [0, 0.05) is 12.4 Å². The molecular formula is C13H23N5S. The number of hydrogen-bond donors (Lipinski definition) is 2. The molecule has 1 aromatic heterocycles. The number of aromatic nitrogens is 1. The summed E-state index contributed by atoms with van der Waals surface area (Å²) in [5.41, 5.74) is 3.79. The Morgan fingerprint density at radius 2 is 2.26 bits per heavy atom. The van der Waals surface area contributed by atoms with Crippen molar-refractivity contribution in [2.24, 2.45) is 10.8 Å². The van der Waals surface area contributed by atoms with E-state index in [1.165, 1.54) is 32.1 Å². The zero-order chi connectivity index (χ0) is 13.7. The van der Waals surface area contributed by atoms with E-state index in [1.54, 1.807) is 11.3 Å². The van der Waals surface area contributed by atoms with Crippen LogP contribution in [0.3, 0.4) is 0 Å². The Bertz CT molecular complexity index is 422. The highest BCUT2D eigenvalue weighted by Gasteiger charge is 2.15. The maximum absolute atomic E-state index is 5.61. The van der Waals surface area contributed by atoms with Crippen molar-refractivity contribution in [2.45, 2.75) is 51.6 Å². The molecule has 1 heterocycles. The van der Waals surface area contributed by atoms with Gasteiger partial charge in [-0.3, -0.25) is 5.43 Å². The van der Waals surface area contributed by atoms with Gasteiger partial charge in [-0.05, 0) is 19.8 Å². The average molecular weight is 281 g/mol. The van der Waals surface area contributed by atoms with Crippen LogP contribution in [0.1, 0.15) is 42.8 Å². The van der Waals surface area contributed by atoms with Crippen molar-refractivity contribution in [2.75, 3.05) is 7.05 Å². The Hall–Kier alpha value is -1.14. The second-order valence-corrected chi connectivity index (χ2v) is 6.17. The van der Waals surface area contributed by atoms with Crippen LogP contribution in [0.2, 0.25) is 0 Å². The van der Waals surface area contributed by atoms with Gasteiger partial charge in [-0.2, -0.15) is 0 Å². The van der Waals surface area contributed by atoms with E-state index < -0.39 is 0 Å². The average Bonchev–Trinajstić information content (AvgIpc) is 2.82. The molecule has 0 saturated heterocycles. The van der Waals surface area contributed by atoms with E-state index in [9.17, 15) is 0 Å². The number of nitrogens with zero attached hydrogens (tertiary/aromatic N) is 3. The summed E-state index contributed by atoms with van der Waals surface area (Å²) in [7, 11) is 2.00. The number of nitrogens with two attached hydrogens (primary N) is 1. The highest BCUT2D eigenvalue weighted by molar-refractivity contribution is 7.09. The Kier molecular flexibility index (Phi) is 5.15. The van der Waals surface area contributed by atoms with Gasteiger partial charge in [0.1, 0.15) is 0 Å². The van der Waals surface area contributed by atoms with Crippen molar-refractivity contribution >= 4 is 17.3 Å². The van der Waals surface area contributed by atoms with Gasteiger partial charge >= 0.3 is 0 Å². The van der Waals surface area contributed by atoms with E-state index in [-0.39, 0.29) is 0 Å². The van der Waals surface area contributed by atoms with Crippen LogP contribution in [-0.4, -0.2) is 28.9 Å². The molecule has 0 unspecified atom stereocenters. The Morgan fingerprint density at radius 1 is 1.53 bits per heavy atom. The number of hydrogen-bond acceptors (Lipinski definition) is 4. The first kappa shape index (κ1) is 14.3. The fraction of sp³-hybridized carbons (Fsp3) is 0.692. The first-order chi connectivity index (χ1) is 9.19. The predicted octanol–water partition coefficient (Wildman–Crippen LogP) is 2.04. The topological polar surface area (TPSA) is 66.5 Å². The van der Waals surface area contributed by atoms with Gasteiger partial charge in [0.2, 0.25) is 5.96 Å². The molecule has 1 aromatic rings. The van der Waals surface area contributed by atoms with Crippen LogP contribution in [0, 0.1) is 6.92 Å². The van der Waals surface area contributed by atoms with Crippen LogP contribution in [0.25, 0.3) is 0 Å². The minimum absolute atomic E-state index is 0.416. The molecule has 1 fully saturated rings. The third-order valence-electron chi connectivity index (χ3n) is 3.44. The molecule has 0 bridgehead atoms. The smallest absolute Gasteiger partial charge is 0.208 e. The summed E-state index contributed by atoms with van der Waals surface area (Å²) >= 11 is 1.67. The summed E-state index contributed by atoms with van der Waals surface area (Å²) < 4.78 is 0. The van der Waals surface area contributed by atoms with Crippen molar-refractivity contribution in [1.82, 2.24) is 15.3 Å². The molecule has 0 spiro atoms. The molecule has 19 heavy (non-hydrogen) atoms. The Balaban J connectivity index is 1.97. The molecule has 5 nitrogen and oxygen atoms in total. The van der Waals surface area contributed by atoms with E-state index in [1.807, 2.05) is 18.9 Å². The lowest BCUT2D eigenvalue weighted by atomic mass is 9.96. The third-order valence-corrected chi connectivity index (χ3v) is 4.26. The maximum Gasteiger partial charge on any atom is 0.208 e. The van der Waals surface area contributed by atoms with E-state index >= 15 is 0 Å². The van der Waals surface area contributed by atoms with Crippen LogP contribution in [0.4, 0.5) is 0 Å². The minimum atomic E-state index is 0.416. The Labute approximate surface area is 118 Å². The molecule has 6 heteroatoms. The predicted molar refractivity (Wildman–Crippen MR) is 79.9 cm³/mol. The number of hydrazine groups is 1. The molecule has 106 valence electrons. The zero-order valence-electron chi connectivity index (χ0n) is 11.7. The lowest BCUT2D eigenvalue weighted by Gasteiger charge is -2.24. The fourth-order valence-electron chi connectivity index (χ4n) is 2.43. The van der Waals surface area contributed by atoms with E-state index in [2.05, 4.69) is 15.8 Å². The van der Waals surface area contributed by atoms with Crippen molar-refractivity contribution in [3.8, 4) is 0 Å². The summed E-state index contributed by atoms with van der Waals surface area (Å²) in [6.07, 6.45) is 6.25. The number of aliphatic imine (C=N–C) groups is 1. The molecule has 0 aliphatic heterocycles. The van der Waals surface area contributed by atoms with E-state index in [0.29, 0.717) is 6.04 Å². The lowest BCUT2D eigenvalue weighted by Crippen LogP contribution is -2.43. The normalized spacial score (nSPS) is 17.5. The van der Waals surface area contributed by atoms with E-state index in [0.717, 1.165) is 23.2 Å². The summed E-state index contributed by atoms with van der Waals surface area (Å²) in [4.78, 5) is 11.2. The largest absolute Gasteiger partial charge is 0.339 e. The first-order valence-corrected chi connectivity index (χ1v) is 7.73. The van der Waals surface area contributed by atoms with Crippen molar-refractivity contribution < 1.29 is 0 Å².